The summed E-state index contributed by atoms with van der Waals surface area (Å²) in [5.41, 5.74) is 0.386. The zero-order valence-corrected chi connectivity index (χ0v) is 14.8. The van der Waals surface area contributed by atoms with Gasteiger partial charge in [-0.3, -0.25) is 14.9 Å². The van der Waals surface area contributed by atoms with E-state index in [1.54, 1.807) is 6.07 Å². The summed E-state index contributed by atoms with van der Waals surface area (Å²) in [5, 5.41) is 16.0. The van der Waals surface area contributed by atoms with Gasteiger partial charge in [-0.2, -0.15) is 0 Å². The first kappa shape index (κ1) is 18.2. The molecule has 0 saturated carbocycles. The molecule has 3 rings (SSSR count). The first-order valence-corrected chi connectivity index (χ1v) is 8.27. The Morgan fingerprint density at radius 1 is 1.11 bits per heavy atom. The maximum absolute atomic E-state index is 12.5. The van der Waals surface area contributed by atoms with E-state index in [-0.39, 0.29) is 11.4 Å². The maximum Gasteiger partial charge on any atom is 0.314 e. The summed E-state index contributed by atoms with van der Waals surface area (Å²) in [7, 11) is 1.42. The number of nitrogens with one attached hydrogen (secondary N) is 1. The molecule has 3 aromatic carbocycles. The van der Waals surface area contributed by atoms with E-state index in [0.717, 1.165) is 10.8 Å². The zero-order valence-electron chi connectivity index (χ0n) is 14.8. The second-order valence-electron chi connectivity index (χ2n) is 5.87. The van der Waals surface area contributed by atoms with Gasteiger partial charge < -0.3 is 14.8 Å². The topological polar surface area (TPSA) is 90.7 Å². The Balaban J connectivity index is 1.79. The van der Waals surface area contributed by atoms with E-state index in [1.165, 1.54) is 32.2 Å². The number of carbonyl (C=O) groups is 1. The summed E-state index contributed by atoms with van der Waals surface area (Å²) in [4.78, 5) is 23.2. The molecule has 1 N–H and O–H groups in total. The second kappa shape index (κ2) is 7.74. The van der Waals surface area contributed by atoms with Gasteiger partial charge in [0, 0.05) is 11.1 Å². The second-order valence-corrected chi connectivity index (χ2v) is 5.87. The van der Waals surface area contributed by atoms with E-state index in [0.29, 0.717) is 11.4 Å². The highest BCUT2D eigenvalue weighted by molar-refractivity contribution is 6.03. The molecule has 7 heteroatoms. The van der Waals surface area contributed by atoms with Crippen molar-refractivity contribution in [3.8, 4) is 11.5 Å². The number of nitro benzene ring substituents is 1. The Bertz CT molecular complexity index is 997. The van der Waals surface area contributed by atoms with Crippen molar-refractivity contribution in [1.29, 1.82) is 0 Å². The van der Waals surface area contributed by atoms with E-state index < -0.39 is 16.9 Å². The van der Waals surface area contributed by atoms with Crippen LogP contribution in [0.4, 0.5) is 11.4 Å². The number of nitrogens with zero attached hydrogens (tertiary/aromatic N) is 1. The first-order valence-electron chi connectivity index (χ1n) is 8.27. The number of nitro groups is 1. The lowest BCUT2D eigenvalue weighted by Gasteiger charge is -2.16. The number of fused-ring (bicyclic) bond motifs is 1. The fraction of sp³-hybridized carbons (Fsp3) is 0.150. The van der Waals surface area contributed by atoms with Gasteiger partial charge >= 0.3 is 5.69 Å². The van der Waals surface area contributed by atoms with Crippen LogP contribution in [0, 0.1) is 10.1 Å². The largest absolute Gasteiger partial charge is 0.496 e. The molecular formula is C20H18N2O5. The van der Waals surface area contributed by atoms with Gasteiger partial charge in [0.15, 0.2) is 11.9 Å². The minimum atomic E-state index is -0.934. The van der Waals surface area contributed by atoms with Crippen molar-refractivity contribution < 1.29 is 19.2 Å². The van der Waals surface area contributed by atoms with Crippen LogP contribution < -0.4 is 14.8 Å². The molecule has 0 unspecified atom stereocenters. The van der Waals surface area contributed by atoms with Gasteiger partial charge in [0.25, 0.3) is 5.91 Å². The minimum Gasteiger partial charge on any atom is -0.496 e. The first-order chi connectivity index (χ1) is 13.0. The van der Waals surface area contributed by atoms with Crippen molar-refractivity contribution in [2.24, 2.45) is 0 Å². The summed E-state index contributed by atoms with van der Waals surface area (Å²) in [6.07, 6.45) is -0.934. The quantitative estimate of drug-likeness (QED) is 0.522. The highest BCUT2D eigenvalue weighted by Crippen LogP contribution is 2.32. The molecule has 3 aromatic rings. The van der Waals surface area contributed by atoms with E-state index in [1.807, 2.05) is 36.4 Å². The SMILES string of the molecule is COc1ccc(O[C@H](C)C(=O)Nc2cccc3ccccc23)c([N+](=O)[O-])c1. The minimum absolute atomic E-state index is 0.00127. The predicted molar refractivity (Wildman–Crippen MR) is 102 cm³/mol. The van der Waals surface area contributed by atoms with Crippen LogP contribution in [-0.4, -0.2) is 24.0 Å². The smallest absolute Gasteiger partial charge is 0.314 e. The third-order valence-corrected chi connectivity index (χ3v) is 4.08. The number of hydrogen-bond acceptors (Lipinski definition) is 5. The highest BCUT2D eigenvalue weighted by atomic mass is 16.6. The molecule has 138 valence electrons. The van der Waals surface area contributed by atoms with E-state index in [4.69, 9.17) is 9.47 Å². The molecule has 0 saturated heterocycles. The monoisotopic (exact) mass is 366 g/mol. The fourth-order valence-corrected chi connectivity index (χ4v) is 2.68. The van der Waals surface area contributed by atoms with Crippen molar-refractivity contribution in [3.05, 3.63) is 70.8 Å². The van der Waals surface area contributed by atoms with Crippen LogP contribution in [0.15, 0.2) is 60.7 Å². The molecule has 0 aliphatic carbocycles. The Morgan fingerprint density at radius 2 is 1.85 bits per heavy atom. The number of rotatable bonds is 6. The standard InChI is InChI=1S/C20H18N2O5/c1-13(27-19-11-10-15(26-2)12-18(19)22(24)25)20(23)21-17-9-5-7-14-6-3-4-8-16(14)17/h3-13H,1-2H3,(H,21,23)/t13-/m1/s1. The third kappa shape index (κ3) is 3.98. The maximum atomic E-state index is 12.5. The molecule has 7 nitrogen and oxygen atoms in total. The third-order valence-electron chi connectivity index (χ3n) is 4.08. The molecule has 0 aliphatic heterocycles. The van der Waals surface area contributed by atoms with Crippen LogP contribution in [0.3, 0.4) is 0 Å². The van der Waals surface area contributed by atoms with Crippen LogP contribution >= 0.6 is 0 Å². The van der Waals surface area contributed by atoms with Gasteiger partial charge in [-0.05, 0) is 30.5 Å². The van der Waals surface area contributed by atoms with Gasteiger partial charge in [0.05, 0.1) is 18.1 Å². The lowest BCUT2D eigenvalue weighted by atomic mass is 10.1. The van der Waals surface area contributed by atoms with Crippen molar-refractivity contribution in [1.82, 2.24) is 0 Å². The number of anilines is 1. The number of carbonyl (C=O) groups excluding carboxylic acids is 1. The Kier molecular flexibility index (Phi) is 5.21. The van der Waals surface area contributed by atoms with E-state index in [2.05, 4.69) is 5.32 Å². The molecular weight excluding hydrogens is 348 g/mol. The van der Waals surface area contributed by atoms with Crippen molar-refractivity contribution >= 4 is 28.1 Å². The number of benzene rings is 3. The fourth-order valence-electron chi connectivity index (χ4n) is 2.68. The normalized spacial score (nSPS) is 11.6. The van der Waals surface area contributed by atoms with Crippen molar-refractivity contribution in [2.45, 2.75) is 13.0 Å². The molecule has 0 bridgehead atoms. The summed E-state index contributed by atoms with van der Waals surface area (Å²) >= 11 is 0. The molecule has 0 radical (unpaired) electrons. The summed E-state index contributed by atoms with van der Waals surface area (Å²) in [6.45, 7) is 1.54. The predicted octanol–water partition coefficient (Wildman–Crippen LogP) is 4.16. The van der Waals surface area contributed by atoms with E-state index >= 15 is 0 Å². The Hall–Kier alpha value is -3.61. The molecule has 0 heterocycles. The highest BCUT2D eigenvalue weighted by Gasteiger charge is 2.22. The molecule has 0 aromatic heterocycles. The number of amides is 1. The van der Waals surface area contributed by atoms with Crippen molar-refractivity contribution in [2.75, 3.05) is 12.4 Å². The van der Waals surface area contributed by atoms with Gasteiger partial charge in [-0.15, -0.1) is 0 Å². The Labute approximate surface area is 155 Å². The van der Waals surface area contributed by atoms with Gasteiger partial charge in [-0.1, -0.05) is 36.4 Å². The van der Waals surface area contributed by atoms with Crippen LogP contribution in [0.5, 0.6) is 11.5 Å². The lowest BCUT2D eigenvalue weighted by molar-refractivity contribution is -0.386. The summed E-state index contributed by atoms with van der Waals surface area (Å²) in [5.74, 6) is -0.0697. The molecule has 1 amide bonds. The number of ether oxygens (including phenoxy) is 2. The zero-order chi connectivity index (χ0) is 19.4. The average Bonchev–Trinajstić information content (AvgIpc) is 2.68. The van der Waals surface area contributed by atoms with Crippen LogP contribution in [0.25, 0.3) is 10.8 Å². The van der Waals surface area contributed by atoms with Gasteiger partial charge in [0.2, 0.25) is 0 Å². The summed E-state index contributed by atoms with van der Waals surface area (Å²) < 4.78 is 10.5. The molecule has 1 atom stereocenters. The van der Waals surface area contributed by atoms with Gasteiger partial charge in [0.1, 0.15) is 5.75 Å². The van der Waals surface area contributed by atoms with Crippen LogP contribution in [0.1, 0.15) is 6.92 Å². The number of hydrogen-bond donors (Lipinski definition) is 1. The molecule has 0 aliphatic rings. The van der Waals surface area contributed by atoms with Crippen LogP contribution in [0.2, 0.25) is 0 Å². The Morgan fingerprint density at radius 3 is 2.59 bits per heavy atom. The molecule has 0 spiro atoms. The average molecular weight is 366 g/mol. The van der Waals surface area contributed by atoms with Gasteiger partial charge in [-0.25, -0.2) is 0 Å². The summed E-state index contributed by atoms with van der Waals surface area (Å²) in [6, 6.07) is 17.5. The van der Waals surface area contributed by atoms with Crippen molar-refractivity contribution in [3.63, 3.8) is 0 Å². The molecule has 27 heavy (non-hydrogen) atoms. The van der Waals surface area contributed by atoms with E-state index in [9.17, 15) is 14.9 Å². The molecule has 0 fully saturated rings. The number of methoxy groups -OCH3 is 1. The van der Waals surface area contributed by atoms with Crippen LogP contribution in [-0.2, 0) is 4.79 Å². The lowest BCUT2D eigenvalue weighted by Crippen LogP contribution is -2.30.